The number of thiophene rings is 1. The van der Waals surface area contributed by atoms with Gasteiger partial charge in [-0.2, -0.15) is 11.3 Å². The van der Waals surface area contributed by atoms with Gasteiger partial charge in [0, 0.05) is 5.56 Å². The fourth-order valence-electron chi connectivity index (χ4n) is 1.90. The Morgan fingerprint density at radius 1 is 1.28 bits per heavy atom. The zero-order chi connectivity index (χ0) is 13.1. The van der Waals surface area contributed by atoms with Crippen LogP contribution in [0.2, 0.25) is 0 Å². The molecular weight excluding hydrogens is 244 g/mol. The van der Waals surface area contributed by atoms with Gasteiger partial charge in [0.15, 0.2) is 0 Å². The van der Waals surface area contributed by atoms with Gasteiger partial charge in [0.05, 0.1) is 6.04 Å². The standard InChI is InChI=1S/C13H18N4S/c1-8(2)11-12(14)15-7-16-13(11)17-9(3)10-4-5-18-6-10/h4-9H,1-3H3,(H3,14,15,16,17). The van der Waals surface area contributed by atoms with Crippen molar-refractivity contribution in [3.63, 3.8) is 0 Å². The molecule has 0 spiro atoms. The molecule has 18 heavy (non-hydrogen) atoms. The zero-order valence-corrected chi connectivity index (χ0v) is 11.7. The molecule has 4 nitrogen and oxygen atoms in total. The average molecular weight is 262 g/mol. The molecule has 0 saturated heterocycles. The van der Waals surface area contributed by atoms with Crippen LogP contribution in [0.5, 0.6) is 0 Å². The summed E-state index contributed by atoms with van der Waals surface area (Å²) in [6.45, 7) is 6.30. The number of nitrogen functional groups attached to an aromatic ring is 1. The zero-order valence-electron chi connectivity index (χ0n) is 10.8. The average Bonchev–Trinajstić information content (AvgIpc) is 2.81. The first-order valence-corrected chi connectivity index (χ1v) is 6.93. The molecule has 3 N–H and O–H groups in total. The van der Waals surface area contributed by atoms with Gasteiger partial charge in [-0.05, 0) is 35.2 Å². The number of nitrogens with zero attached hydrogens (tertiary/aromatic N) is 2. The summed E-state index contributed by atoms with van der Waals surface area (Å²) in [5.41, 5.74) is 8.17. The lowest BCUT2D eigenvalue weighted by atomic mass is 10.0. The third kappa shape index (κ3) is 2.61. The first-order valence-electron chi connectivity index (χ1n) is 5.98. The third-order valence-electron chi connectivity index (χ3n) is 2.89. The van der Waals surface area contributed by atoms with Crippen molar-refractivity contribution in [2.75, 3.05) is 11.1 Å². The highest BCUT2D eigenvalue weighted by atomic mass is 32.1. The monoisotopic (exact) mass is 262 g/mol. The summed E-state index contributed by atoms with van der Waals surface area (Å²) >= 11 is 1.69. The van der Waals surface area contributed by atoms with Crippen molar-refractivity contribution in [3.05, 3.63) is 34.3 Å². The Hall–Kier alpha value is -1.62. The Labute approximate surface area is 111 Å². The maximum absolute atomic E-state index is 5.93. The van der Waals surface area contributed by atoms with Gasteiger partial charge in [0.25, 0.3) is 0 Å². The predicted octanol–water partition coefficient (Wildman–Crippen LogP) is 3.42. The quantitative estimate of drug-likeness (QED) is 0.886. The van der Waals surface area contributed by atoms with Gasteiger partial charge >= 0.3 is 0 Å². The van der Waals surface area contributed by atoms with E-state index in [1.54, 1.807) is 11.3 Å². The molecule has 2 aromatic rings. The van der Waals surface area contributed by atoms with Gasteiger partial charge in [0.1, 0.15) is 18.0 Å². The van der Waals surface area contributed by atoms with Crippen molar-refractivity contribution in [2.45, 2.75) is 32.7 Å². The molecule has 0 radical (unpaired) electrons. The Morgan fingerprint density at radius 3 is 2.67 bits per heavy atom. The highest BCUT2D eigenvalue weighted by Gasteiger charge is 2.15. The van der Waals surface area contributed by atoms with Crippen LogP contribution < -0.4 is 11.1 Å². The van der Waals surface area contributed by atoms with E-state index in [1.165, 1.54) is 11.9 Å². The molecule has 0 bridgehead atoms. The largest absolute Gasteiger partial charge is 0.383 e. The van der Waals surface area contributed by atoms with E-state index in [-0.39, 0.29) is 6.04 Å². The number of aromatic nitrogens is 2. The number of anilines is 2. The molecule has 2 aromatic heterocycles. The summed E-state index contributed by atoms with van der Waals surface area (Å²) in [7, 11) is 0. The molecule has 0 aliphatic rings. The van der Waals surface area contributed by atoms with E-state index in [0.29, 0.717) is 11.7 Å². The second kappa shape index (κ2) is 5.35. The van der Waals surface area contributed by atoms with Gasteiger partial charge in [-0.3, -0.25) is 0 Å². The molecule has 0 fully saturated rings. The topological polar surface area (TPSA) is 63.8 Å². The van der Waals surface area contributed by atoms with Crippen molar-refractivity contribution >= 4 is 23.0 Å². The Kier molecular flexibility index (Phi) is 3.81. The van der Waals surface area contributed by atoms with Crippen molar-refractivity contribution < 1.29 is 0 Å². The summed E-state index contributed by atoms with van der Waals surface area (Å²) < 4.78 is 0. The minimum Gasteiger partial charge on any atom is -0.383 e. The fraction of sp³-hybridized carbons (Fsp3) is 0.385. The van der Waals surface area contributed by atoms with Crippen LogP contribution in [0.1, 0.15) is 43.9 Å². The number of rotatable bonds is 4. The minimum atomic E-state index is 0.211. The lowest BCUT2D eigenvalue weighted by Crippen LogP contribution is -2.12. The van der Waals surface area contributed by atoms with Crippen molar-refractivity contribution in [1.82, 2.24) is 9.97 Å². The van der Waals surface area contributed by atoms with Crippen LogP contribution in [0.15, 0.2) is 23.2 Å². The third-order valence-corrected chi connectivity index (χ3v) is 3.59. The lowest BCUT2D eigenvalue weighted by molar-refractivity contribution is 0.824. The number of nitrogens with one attached hydrogen (secondary N) is 1. The minimum absolute atomic E-state index is 0.211. The Balaban J connectivity index is 2.26. The number of hydrogen-bond acceptors (Lipinski definition) is 5. The Bertz CT molecular complexity index is 508. The van der Waals surface area contributed by atoms with E-state index in [1.807, 2.05) is 0 Å². The molecule has 2 rings (SSSR count). The van der Waals surface area contributed by atoms with Gasteiger partial charge < -0.3 is 11.1 Å². The summed E-state index contributed by atoms with van der Waals surface area (Å²) in [5.74, 6) is 1.68. The SMILES string of the molecule is CC(C)c1c(N)ncnc1NC(C)c1ccsc1. The van der Waals surface area contributed by atoms with E-state index < -0.39 is 0 Å². The van der Waals surface area contributed by atoms with Crippen LogP contribution in [0, 0.1) is 0 Å². The van der Waals surface area contributed by atoms with Gasteiger partial charge in [-0.15, -0.1) is 0 Å². The van der Waals surface area contributed by atoms with E-state index in [9.17, 15) is 0 Å². The molecule has 0 aliphatic heterocycles. The van der Waals surface area contributed by atoms with Crippen LogP contribution in [-0.4, -0.2) is 9.97 Å². The molecule has 96 valence electrons. The van der Waals surface area contributed by atoms with Crippen LogP contribution in [-0.2, 0) is 0 Å². The lowest BCUT2D eigenvalue weighted by Gasteiger charge is -2.18. The molecule has 5 heteroatoms. The smallest absolute Gasteiger partial charge is 0.135 e. The van der Waals surface area contributed by atoms with Crippen LogP contribution in [0.3, 0.4) is 0 Å². The Morgan fingerprint density at radius 2 is 2.06 bits per heavy atom. The van der Waals surface area contributed by atoms with Crippen molar-refractivity contribution in [2.24, 2.45) is 0 Å². The number of hydrogen-bond donors (Lipinski definition) is 2. The maximum Gasteiger partial charge on any atom is 0.135 e. The molecule has 0 amide bonds. The van der Waals surface area contributed by atoms with E-state index in [0.717, 1.165) is 11.4 Å². The second-order valence-corrected chi connectivity index (χ2v) is 5.38. The van der Waals surface area contributed by atoms with Gasteiger partial charge in [-0.25, -0.2) is 9.97 Å². The highest BCUT2D eigenvalue weighted by Crippen LogP contribution is 2.29. The molecule has 1 unspecified atom stereocenters. The fourth-order valence-corrected chi connectivity index (χ4v) is 2.66. The summed E-state index contributed by atoms with van der Waals surface area (Å²) in [6.07, 6.45) is 1.50. The van der Waals surface area contributed by atoms with Crippen molar-refractivity contribution in [3.8, 4) is 0 Å². The van der Waals surface area contributed by atoms with E-state index >= 15 is 0 Å². The van der Waals surface area contributed by atoms with Crippen molar-refractivity contribution in [1.29, 1.82) is 0 Å². The second-order valence-electron chi connectivity index (χ2n) is 4.60. The summed E-state index contributed by atoms with van der Waals surface area (Å²) in [5, 5.41) is 7.62. The molecule has 0 aromatic carbocycles. The maximum atomic E-state index is 5.93. The summed E-state index contributed by atoms with van der Waals surface area (Å²) in [4.78, 5) is 8.37. The highest BCUT2D eigenvalue weighted by molar-refractivity contribution is 7.07. The summed E-state index contributed by atoms with van der Waals surface area (Å²) in [6, 6.07) is 2.32. The van der Waals surface area contributed by atoms with Crippen LogP contribution in [0.4, 0.5) is 11.6 Å². The first-order chi connectivity index (χ1) is 8.59. The normalized spacial score (nSPS) is 12.7. The molecule has 0 aliphatic carbocycles. The van der Waals surface area contributed by atoms with E-state index in [4.69, 9.17) is 5.73 Å². The molecule has 1 atom stereocenters. The predicted molar refractivity (Wildman–Crippen MR) is 76.9 cm³/mol. The molecule has 0 saturated carbocycles. The molecular formula is C13H18N4S. The van der Waals surface area contributed by atoms with E-state index in [2.05, 4.69) is 52.9 Å². The first kappa shape index (κ1) is 12.8. The van der Waals surface area contributed by atoms with Crippen LogP contribution in [0.25, 0.3) is 0 Å². The molecule has 2 heterocycles. The van der Waals surface area contributed by atoms with Gasteiger partial charge in [0.2, 0.25) is 0 Å². The van der Waals surface area contributed by atoms with Gasteiger partial charge in [-0.1, -0.05) is 13.8 Å². The number of nitrogens with two attached hydrogens (primary N) is 1. The van der Waals surface area contributed by atoms with Crippen LogP contribution >= 0.6 is 11.3 Å².